The highest BCUT2D eigenvalue weighted by molar-refractivity contribution is 6.06. The fraction of sp³-hybridized carbons (Fsp3) is 0.269. The molecule has 0 radical (unpaired) electrons. The molecule has 8 heteroatoms. The molecule has 0 unspecified atom stereocenters. The van der Waals surface area contributed by atoms with Crippen LogP contribution in [0.1, 0.15) is 40.2 Å². The molecule has 0 N–H and O–H groups in total. The molecule has 34 heavy (non-hydrogen) atoms. The number of nitrogens with zero attached hydrogens (tertiary/aromatic N) is 4. The van der Waals surface area contributed by atoms with Crippen molar-refractivity contribution in [2.24, 2.45) is 7.05 Å². The molecule has 1 aliphatic rings. The number of hydrogen-bond donors (Lipinski definition) is 0. The Kier molecular flexibility index (Phi) is 5.59. The lowest BCUT2D eigenvalue weighted by atomic mass is 9.89. The van der Waals surface area contributed by atoms with E-state index < -0.39 is 11.7 Å². The summed E-state index contributed by atoms with van der Waals surface area (Å²) < 4.78 is 40.5. The number of fused-ring (bicyclic) bond motifs is 1. The Morgan fingerprint density at radius 3 is 2.32 bits per heavy atom. The van der Waals surface area contributed by atoms with Crippen molar-refractivity contribution in [2.45, 2.75) is 24.9 Å². The number of hydrogen-bond acceptors (Lipinski definition) is 3. The van der Waals surface area contributed by atoms with Crippen molar-refractivity contribution in [3.05, 3.63) is 83.6 Å². The third-order valence-electron chi connectivity index (χ3n) is 6.50. The standard InChI is InChI=1S/C26H23F3N4O/c1-32-24-22(16-30-32)21(15-23(31-24)19-7-9-20(10-8-19)26(27,28)29)25(34)33-13-11-18(12-14-33)17-5-3-2-4-6-17/h2-10,15-16,18H,11-14H2,1H3. The van der Waals surface area contributed by atoms with E-state index in [-0.39, 0.29) is 5.91 Å². The van der Waals surface area contributed by atoms with Gasteiger partial charge in [0.25, 0.3) is 5.91 Å². The number of halogens is 3. The van der Waals surface area contributed by atoms with Crippen molar-refractivity contribution in [2.75, 3.05) is 13.1 Å². The van der Waals surface area contributed by atoms with E-state index in [2.05, 4.69) is 22.2 Å². The molecule has 1 saturated heterocycles. The molecule has 0 atom stereocenters. The second-order valence-electron chi connectivity index (χ2n) is 8.61. The molecular weight excluding hydrogens is 441 g/mol. The summed E-state index contributed by atoms with van der Waals surface area (Å²) >= 11 is 0. The molecule has 4 aromatic rings. The molecular formula is C26H23F3N4O. The van der Waals surface area contributed by atoms with Gasteiger partial charge in [0.1, 0.15) is 0 Å². The zero-order chi connectivity index (χ0) is 23.9. The van der Waals surface area contributed by atoms with Gasteiger partial charge in [-0.05, 0) is 42.5 Å². The summed E-state index contributed by atoms with van der Waals surface area (Å²) in [6.45, 7) is 1.27. The largest absolute Gasteiger partial charge is 0.416 e. The van der Waals surface area contributed by atoms with Gasteiger partial charge in [0, 0.05) is 25.7 Å². The summed E-state index contributed by atoms with van der Waals surface area (Å²) in [5.41, 5.74) is 2.49. The summed E-state index contributed by atoms with van der Waals surface area (Å²) in [5, 5.41) is 4.88. The molecule has 1 fully saturated rings. The molecule has 174 valence electrons. The molecule has 3 heterocycles. The van der Waals surface area contributed by atoms with Crippen LogP contribution in [0.5, 0.6) is 0 Å². The quantitative estimate of drug-likeness (QED) is 0.392. The number of piperidine rings is 1. The van der Waals surface area contributed by atoms with E-state index in [1.807, 2.05) is 23.1 Å². The molecule has 0 saturated carbocycles. The van der Waals surface area contributed by atoms with E-state index in [9.17, 15) is 18.0 Å². The van der Waals surface area contributed by atoms with Gasteiger partial charge in [0.2, 0.25) is 0 Å². The van der Waals surface area contributed by atoms with Crippen molar-refractivity contribution in [1.29, 1.82) is 0 Å². The summed E-state index contributed by atoms with van der Waals surface area (Å²) in [4.78, 5) is 20.0. The van der Waals surface area contributed by atoms with Crippen molar-refractivity contribution >= 4 is 16.9 Å². The summed E-state index contributed by atoms with van der Waals surface area (Å²) in [6.07, 6.45) is -1.04. The minimum absolute atomic E-state index is 0.111. The van der Waals surface area contributed by atoms with Crippen LogP contribution < -0.4 is 0 Å². The number of alkyl halides is 3. The number of carbonyl (C=O) groups excluding carboxylic acids is 1. The van der Waals surface area contributed by atoms with Crippen LogP contribution in [0.15, 0.2) is 66.9 Å². The normalized spacial score (nSPS) is 15.1. The van der Waals surface area contributed by atoms with Crippen LogP contribution in [0.25, 0.3) is 22.3 Å². The third kappa shape index (κ3) is 4.16. The van der Waals surface area contributed by atoms with Gasteiger partial charge in [-0.1, -0.05) is 42.5 Å². The first-order valence-corrected chi connectivity index (χ1v) is 11.2. The fourth-order valence-electron chi connectivity index (χ4n) is 4.58. The minimum atomic E-state index is -4.41. The highest BCUT2D eigenvalue weighted by Crippen LogP contribution is 2.33. The first-order chi connectivity index (χ1) is 16.3. The average Bonchev–Trinajstić information content (AvgIpc) is 3.24. The second-order valence-corrected chi connectivity index (χ2v) is 8.61. The number of aromatic nitrogens is 3. The number of likely N-dealkylation sites (tertiary alicyclic amines) is 1. The van der Waals surface area contributed by atoms with Crippen molar-refractivity contribution in [3.63, 3.8) is 0 Å². The van der Waals surface area contributed by atoms with Crippen LogP contribution in [0, 0.1) is 0 Å². The summed E-state index contributed by atoms with van der Waals surface area (Å²) in [6, 6.07) is 16.8. The number of benzene rings is 2. The number of rotatable bonds is 3. The van der Waals surface area contributed by atoms with Gasteiger partial charge >= 0.3 is 6.18 Å². The molecule has 0 spiro atoms. The highest BCUT2D eigenvalue weighted by atomic mass is 19.4. The maximum atomic E-state index is 13.5. The maximum Gasteiger partial charge on any atom is 0.416 e. The van der Waals surface area contributed by atoms with E-state index in [0.29, 0.717) is 46.9 Å². The van der Waals surface area contributed by atoms with E-state index in [4.69, 9.17) is 0 Å². The second kappa shape index (κ2) is 8.59. The Morgan fingerprint density at radius 1 is 1.00 bits per heavy atom. The van der Waals surface area contributed by atoms with E-state index in [1.165, 1.54) is 17.7 Å². The van der Waals surface area contributed by atoms with Gasteiger partial charge < -0.3 is 4.90 Å². The van der Waals surface area contributed by atoms with E-state index >= 15 is 0 Å². The Hall–Kier alpha value is -3.68. The number of carbonyl (C=O) groups is 1. The predicted octanol–water partition coefficient (Wildman–Crippen LogP) is 5.67. The maximum absolute atomic E-state index is 13.5. The Morgan fingerprint density at radius 2 is 1.68 bits per heavy atom. The van der Waals surface area contributed by atoms with Crippen LogP contribution in [0.2, 0.25) is 0 Å². The summed E-state index contributed by atoms with van der Waals surface area (Å²) in [5.74, 6) is 0.309. The molecule has 2 aromatic carbocycles. The molecule has 2 aromatic heterocycles. The van der Waals surface area contributed by atoms with Gasteiger partial charge in [-0.2, -0.15) is 18.3 Å². The molecule has 1 amide bonds. The zero-order valence-corrected chi connectivity index (χ0v) is 18.6. The fourth-order valence-corrected chi connectivity index (χ4v) is 4.58. The van der Waals surface area contributed by atoms with Gasteiger partial charge in [-0.25, -0.2) is 4.98 Å². The topological polar surface area (TPSA) is 51.0 Å². The zero-order valence-electron chi connectivity index (χ0n) is 18.6. The van der Waals surface area contributed by atoms with Crippen molar-refractivity contribution < 1.29 is 18.0 Å². The molecule has 5 rings (SSSR count). The number of pyridine rings is 1. The van der Waals surface area contributed by atoms with Gasteiger partial charge in [-0.15, -0.1) is 0 Å². The van der Waals surface area contributed by atoms with Gasteiger partial charge in [0.05, 0.1) is 28.4 Å². The Balaban J connectivity index is 1.44. The van der Waals surface area contributed by atoms with Crippen LogP contribution in [-0.4, -0.2) is 38.7 Å². The lowest BCUT2D eigenvalue weighted by molar-refractivity contribution is -0.137. The van der Waals surface area contributed by atoms with Gasteiger partial charge in [-0.3, -0.25) is 9.48 Å². The van der Waals surface area contributed by atoms with Crippen molar-refractivity contribution in [3.8, 4) is 11.3 Å². The van der Waals surface area contributed by atoms with Crippen LogP contribution in [0.3, 0.4) is 0 Å². The molecule has 0 aliphatic carbocycles. The Labute approximate surface area is 194 Å². The summed E-state index contributed by atoms with van der Waals surface area (Å²) in [7, 11) is 1.73. The molecule has 0 bridgehead atoms. The van der Waals surface area contributed by atoms with Crippen LogP contribution >= 0.6 is 0 Å². The van der Waals surface area contributed by atoms with Gasteiger partial charge in [0.15, 0.2) is 5.65 Å². The van der Waals surface area contributed by atoms with Crippen LogP contribution in [-0.2, 0) is 13.2 Å². The average molecular weight is 464 g/mol. The first kappa shape index (κ1) is 22.1. The SMILES string of the molecule is Cn1ncc2c(C(=O)N3CCC(c4ccccc4)CC3)cc(-c3ccc(C(F)(F)F)cc3)nc21. The number of aryl methyl sites for hydroxylation is 1. The van der Waals surface area contributed by atoms with Crippen molar-refractivity contribution in [1.82, 2.24) is 19.7 Å². The minimum Gasteiger partial charge on any atom is -0.339 e. The predicted molar refractivity (Wildman–Crippen MR) is 123 cm³/mol. The highest BCUT2D eigenvalue weighted by Gasteiger charge is 2.30. The van der Waals surface area contributed by atoms with E-state index in [1.54, 1.807) is 24.0 Å². The number of amides is 1. The Bertz CT molecular complexity index is 1320. The van der Waals surface area contributed by atoms with Crippen LogP contribution in [0.4, 0.5) is 13.2 Å². The molecule has 5 nitrogen and oxygen atoms in total. The lowest BCUT2D eigenvalue weighted by Crippen LogP contribution is -2.38. The third-order valence-corrected chi connectivity index (χ3v) is 6.50. The first-order valence-electron chi connectivity index (χ1n) is 11.2. The monoisotopic (exact) mass is 464 g/mol. The lowest BCUT2D eigenvalue weighted by Gasteiger charge is -2.32. The van der Waals surface area contributed by atoms with E-state index in [0.717, 1.165) is 25.0 Å². The smallest absolute Gasteiger partial charge is 0.339 e. The molecule has 1 aliphatic heterocycles.